The van der Waals surface area contributed by atoms with Gasteiger partial charge in [0.25, 0.3) is 0 Å². The average molecular weight is 401 g/mol. The van der Waals surface area contributed by atoms with E-state index in [1.54, 1.807) is 0 Å². The van der Waals surface area contributed by atoms with Gasteiger partial charge in [0.05, 0.1) is 29.5 Å². The van der Waals surface area contributed by atoms with Gasteiger partial charge in [-0.2, -0.15) is 0 Å². The van der Waals surface area contributed by atoms with E-state index in [-0.39, 0.29) is 12.1 Å². The highest BCUT2D eigenvalue weighted by atomic mass is 16.4. The van der Waals surface area contributed by atoms with Crippen LogP contribution in [0.25, 0.3) is 33.1 Å². The van der Waals surface area contributed by atoms with Crippen molar-refractivity contribution in [2.45, 2.75) is 44.2 Å². The molecule has 0 bridgehead atoms. The Kier molecular flexibility index (Phi) is 3.44. The molecule has 0 atom stereocenters. The molecule has 30 heavy (non-hydrogen) atoms. The molecule has 2 aromatic carbocycles. The van der Waals surface area contributed by atoms with Gasteiger partial charge in [-0.1, -0.05) is 37.1 Å². The SMILES string of the molecule is Cn1cc2c3c(cccc31)-c1cccc3c1n(c(=O)n3C1(CC(=O)O)CCCC1)C2. The summed E-state index contributed by atoms with van der Waals surface area (Å²) in [4.78, 5) is 25.6. The van der Waals surface area contributed by atoms with E-state index in [4.69, 9.17) is 0 Å². The third kappa shape index (κ3) is 2.13. The van der Waals surface area contributed by atoms with Crippen LogP contribution in [0.15, 0.2) is 47.4 Å². The summed E-state index contributed by atoms with van der Waals surface area (Å²) >= 11 is 0. The first-order chi connectivity index (χ1) is 14.5. The van der Waals surface area contributed by atoms with Crippen molar-refractivity contribution in [2.75, 3.05) is 0 Å². The molecule has 6 rings (SSSR count). The second kappa shape index (κ2) is 5.88. The molecule has 1 N–H and O–H groups in total. The molecule has 0 saturated heterocycles. The van der Waals surface area contributed by atoms with Crippen LogP contribution in [0.2, 0.25) is 0 Å². The van der Waals surface area contributed by atoms with Gasteiger partial charge in [0, 0.05) is 29.7 Å². The first kappa shape index (κ1) is 17.6. The van der Waals surface area contributed by atoms with E-state index in [0.717, 1.165) is 58.9 Å². The number of carboxylic acids is 1. The van der Waals surface area contributed by atoms with Crippen LogP contribution in [0.3, 0.4) is 0 Å². The van der Waals surface area contributed by atoms with Gasteiger partial charge in [-0.15, -0.1) is 0 Å². The average Bonchev–Trinajstić information content (AvgIpc) is 3.35. The Morgan fingerprint density at radius 1 is 1.07 bits per heavy atom. The summed E-state index contributed by atoms with van der Waals surface area (Å²) in [7, 11) is 2.03. The molecular formula is C24H23N3O3. The molecule has 152 valence electrons. The molecule has 0 amide bonds. The maximum Gasteiger partial charge on any atom is 0.329 e. The van der Waals surface area contributed by atoms with E-state index in [1.165, 1.54) is 5.39 Å². The van der Waals surface area contributed by atoms with Crippen molar-refractivity contribution in [3.8, 4) is 11.1 Å². The van der Waals surface area contributed by atoms with Crippen LogP contribution in [-0.4, -0.2) is 24.8 Å². The second-order valence-corrected chi connectivity index (χ2v) is 8.84. The predicted molar refractivity (Wildman–Crippen MR) is 116 cm³/mol. The van der Waals surface area contributed by atoms with E-state index < -0.39 is 11.5 Å². The molecule has 6 nitrogen and oxygen atoms in total. The van der Waals surface area contributed by atoms with E-state index >= 15 is 0 Å². The number of benzene rings is 2. The van der Waals surface area contributed by atoms with Gasteiger partial charge in [-0.25, -0.2) is 4.79 Å². The topological polar surface area (TPSA) is 69.2 Å². The van der Waals surface area contributed by atoms with Crippen LogP contribution in [0.4, 0.5) is 0 Å². The van der Waals surface area contributed by atoms with Gasteiger partial charge in [0.15, 0.2) is 0 Å². The Balaban J connectivity index is 1.73. The van der Waals surface area contributed by atoms with Gasteiger partial charge in [-0.05, 0) is 36.1 Å². The molecule has 2 aliphatic rings. The van der Waals surface area contributed by atoms with Crippen molar-refractivity contribution < 1.29 is 9.90 Å². The summed E-state index contributed by atoms with van der Waals surface area (Å²) in [5.41, 5.74) is 5.50. The number of carbonyl (C=O) groups is 1. The Morgan fingerprint density at radius 2 is 1.77 bits per heavy atom. The first-order valence-corrected chi connectivity index (χ1v) is 10.5. The molecule has 1 fully saturated rings. The standard InChI is InChI=1S/C24H23N3O3/c1-25-13-15-14-26-22-17(16-6-4-8-18(25)21(15)16)7-5-9-19(22)27(23(26)30)24(12-20(28)29)10-2-3-11-24/h4-9,13H,2-3,10-12,14H2,1H3,(H,28,29). The smallest absolute Gasteiger partial charge is 0.329 e. The van der Waals surface area contributed by atoms with Crippen molar-refractivity contribution in [3.05, 3.63) is 58.6 Å². The monoisotopic (exact) mass is 401 g/mol. The van der Waals surface area contributed by atoms with Crippen molar-refractivity contribution in [3.63, 3.8) is 0 Å². The summed E-state index contributed by atoms with van der Waals surface area (Å²) in [6.07, 6.45) is 5.46. The molecule has 1 aliphatic carbocycles. The summed E-state index contributed by atoms with van der Waals surface area (Å²) in [5.74, 6) is -0.844. The van der Waals surface area contributed by atoms with Crippen molar-refractivity contribution >= 4 is 27.9 Å². The molecule has 0 unspecified atom stereocenters. The quantitative estimate of drug-likeness (QED) is 0.496. The summed E-state index contributed by atoms with van der Waals surface area (Å²) in [6.45, 7) is 0.497. The Labute approximate surface area is 173 Å². The lowest BCUT2D eigenvalue weighted by Crippen LogP contribution is -2.41. The van der Waals surface area contributed by atoms with Gasteiger partial charge in [0.1, 0.15) is 0 Å². The third-order valence-electron chi connectivity index (χ3n) is 7.15. The zero-order valence-electron chi connectivity index (χ0n) is 16.9. The fourth-order valence-electron chi connectivity index (χ4n) is 5.99. The molecule has 0 radical (unpaired) electrons. The summed E-state index contributed by atoms with van der Waals surface area (Å²) < 4.78 is 5.80. The number of hydrogen-bond donors (Lipinski definition) is 1. The highest BCUT2D eigenvalue weighted by Gasteiger charge is 2.41. The van der Waals surface area contributed by atoms with Gasteiger partial charge in [-0.3, -0.25) is 13.9 Å². The Morgan fingerprint density at radius 3 is 2.50 bits per heavy atom. The molecule has 1 aliphatic heterocycles. The largest absolute Gasteiger partial charge is 0.481 e. The Hall–Kier alpha value is -3.28. The molecule has 1 saturated carbocycles. The zero-order valence-corrected chi connectivity index (χ0v) is 16.9. The molecule has 3 heterocycles. The third-order valence-corrected chi connectivity index (χ3v) is 7.15. The first-order valence-electron chi connectivity index (χ1n) is 10.5. The number of imidazole rings is 1. The van der Waals surface area contributed by atoms with Crippen LogP contribution in [0, 0.1) is 0 Å². The van der Waals surface area contributed by atoms with Gasteiger partial charge < -0.3 is 9.67 Å². The predicted octanol–water partition coefficient (Wildman–Crippen LogP) is 4.07. The normalized spacial score (nSPS) is 17.0. The van der Waals surface area contributed by atoms with Crippen LogP contribution < -0.4 is 5.69 Å². The van der Waals surface area contributed by atoms with Crippen molar-refractivity contribution in [1.29, 1.82) is 0 Å². The minimum absolute atomic E-state index is 0.0115. The minimum Gasteiger partial charge on any atom is -0.481 e. The van der Waals surface area contributed by atoms with E-state index in [1.807, 2.05) is 28.3 Å². The maximum atomic E-state index is 13.8. The highest BCUT2D eigenvalue weighted by Crippen LogP contribution is 2.44. The fourth-order valence-corrected chi connectivity index (χ4v) is 5.99. The summed E-state index contributed by atoms with van der Waals surface area (Å²) in [6, 6.07) is 12.4. The van der Waals surface area contributed by atoms with Gasteiger partial charge in [0.2, 0.25) is 0 Å². The number of rotatable bonds is 3. The summed E-state index contributed by atoms with van der Waals surface area (Å²) in [5, 5.41) is 10.8. The highest BCUT2D eigenvalue weighted by molar-refractivity contribution is 6.05. The lowest BCUT2D eigenvalue weighted by molar-refractivity contribution is -0.139. The molecule has 2 aromatic heterocycles. The number of aliphatic carboxylic acids is 1. The number of aromatic nitrogens is 3. The maximum absolute atomic E-state index is 13.8. The molecular weight excluding hydrogens is 378 g/mol. The number of fused-ring (bicyclic) bond motifs is 1. The van der Waals surface area contributed by atoms with Crippen molar-refractivity contribution in [2.24, 2.45) is 7.05 Å². The molecule has 6 heteroatoms. The minimum atomic E-state index is -0.844. The van der Waals surface area contributed by atoms with E-state index in [0.29, 0.717) is 6.54 Å². The molecule has 0 spiro atoms. The number of para-hydroxylation sites is 1. The number of aryl methyl sites for hydroxylation is 1. The Bertz CT molecular complexity index is 1410. The van der Waals surface area contributed by atoms with Crippen LogP contribution in [0.5, 0.6) is 0 Å². The van der Waals surface area contributed by atoms with E-state index in [2.05, 4.69) is 35.0 Å². The van der Waals surface area contributed by atoms with Crippen LogP contribution >= 0.6 is 0 Å². The van der Waals surface area contributed by atoms with Crippen LogP contribution in [0.1, 0.15) is 37.7 Å². The van der Waals surface area contributed by atoms with Crippen LogP contribution in [-0.2, 0) is 23.9 Å². The zero-order chi connectivity index (χ0) is 20.6. The second-order valence-electron chi connectivity index (χ2n) is 8.84. The number of carboxylic acid groups (broad SMARTS) is 1. The van der Waals surface area contributed by atoms with Gasteiger partial charge >= 0.3 is 11.7 Å². The fraction of sp³-hybridized carbons (Fsp3) is 0.333. The number of nitrogens with zero attached hydrogens (tertiary/aromatic N) is 3. The molecule has 4 aromatic rings. The lowest BCUT2D eigenvalue weighted by atomic mass is 9.92. The lowest BCUT2D eigenvalue weighted by Gasteiger charge is -2.29. The van der Waals surface area contributed by atoms with Crippen molar-refractivity contribution in [1.82, 2.24) is 13.7 Å². The number of hydrogen-bond acceptors (Lipinski definition) is 2. The van der Waals surface area contributed by atoms with E-state index in [9.17, 15) is 14.7 Å².